The first-order valence-electron chi connectivity index (χ1n) is 22.9. The summed E-state index contributed by atoms with van der Waals surface area (Å²) in [5.41, 5.74) is 18.7. The largest absolute Gasteiger partial charge is 0.480 e. The number of unbranched alkanes of at least 4 members (excludes halogenated alkanes) is 1. The Bertz CT molecular complexity index is 2310. The zero-order valence-corrected chi connectivity index (χ0v) is 41.1. The maximum atomic E-state index is 14.5. The van der Waals surface area contributed by atoms with Gasteiger partial charge in [0, 0.05) is 49.2 Å². The van der Waals surface area contributed by atoms with Crippen LogP contribution in [0.5, 0.6) is 0 Å². The molecular weight excluding hydrogens is 945 g/mol. The average molecular weight is 1010 g/mol. The van der Waals surface area contributed by atoms with Gasteiger partial charge in [0.1, 0.15) is 42.3 Å². The number of H-pyrrole nitrogens is 1. The lowest BCUT2D eigenvalue weighted by Crippen LogP contribution is -2.61. The number of para-hydroxylation sites is 1. The summed E-state index contributed by atoms with van der Waals surface area (Å²) in [6, 6.07) is 6.09. The maximum absolute atomic E-state index is 14.5. The Balaban J connectivity index is 1.79. The number of aliphatic hydroxyl groups is 1. The van der Waals surface area contributed by atoms with Gasteiger partial charge in [-0.2, -0.15) is 0 Å². The molecule has 2 aromatic carbocycles. The number of benzene rings is 2. The summed E-state index contributed by atoms with van der Waals surface area (Å²) >= 11 is 0. The van der Waals surface area contributed by atoms with E-state index >= 15 is 0 Å². The number of aromatic nitrogens is 1. The van der Waals surface area contributed by atoms with E-state index in [9.17, 15) is 48.6 Å². The third-order valence-corrected chi connectivity index (χ3v) is 14.6. The quantitative estimate of drug-likeness (QED) is 0.0340. The molecule has 1 aromatic heterocycles. The van der Waals surface area contributed by atoms with Crippen LogP contribution < -0.4 is 54.4 Å². The summed E-state index contributed by atoms with van der Waals surface area (Å²) in [5.74, 6) is -7.06. The van der Waals surface area contributed by atoms with Crippen molar-refractivity contribution in [1.29, 1.82) is 0 Å². The number of amides is 7. The van der Waals surface area contributed by atoms with Crippen LogP contribution in [0.25, 0.3) is 10.9 Å². The first-order chi connectivity index (χ1) is 33.3. The number of aliphatic hydroxyl groups excluding tert-OH is 1. The van der Waals surface area contributed by atoms with Gasteiger partial charge in [0.2, 0.25) is 41.4 Å². The van der Waals surface area contributed by atoms with Crippen molar-refractivity contribution in [2.75, 3.05) is 25.4 Å². The Morgan fingerprint density at radius 2 is 1.43 bits per heavy atom. The second-order valence-electron chi connectivity index (χ2n) is 17.3. The highest BCUT2D eigenvalue weighted by Gasteiger charge is 2.40. The van der Waals surface area contributed by atoms with E-state index in [1.54, 1.807) is 56.4 Å². The summed E-state index contributed by atoms with van der Waals surface area (Å²) < 4.78 is -1.25. The first-order valence-corrected chi connectivity index (χ1v) is 25.2. The number of hydrogen-bond acceptors (Lipinski definition) is 13. The Morgan fingerprint density at radius 3 is 2.09 bits per heavy atom. The van der Waals surface area contributed by atoms with E-state index in [0.717, 1.165) is 32.5 Å². The number of nitrogens with one attached hydrogen (secondary N) is 8. The maximum Gasteiger partial charge on any atom is 0.327 e. The molecule has 382 valence electrons. The van der Waals surface area contributed by atoms with Gasteiger partial charge < -0.3 is 69.6 Å². The second-order valence-corrected chi connectivity index (χ2v) is 20.4. The summed E-state index contributed by atoms with van der Waals surface area (Å²) in [6.07, 6.45) is 2.69. The van der Waals surface area contributed by atoms with Gasteiger partial charge in [-0.15, -0.1) is 0 Å². The molecule has 1 aliphatic heterocycles. The standard InChI is InChI=1S/C46H66N12O10S2/c1-26(60)52-31(16-9-10-19-47)38(61)54-33-18-21-69-70-46(2,3)37(44(67)68)58-42(65)35(23-28-24-51-30-15-8-7-14-29(28)30)56-39(62)32(17-11-20-50-45(48)49)53-41(64)34(22-27-12-5-4-6-13-27)55-43(66)36(25-59)57-40(33)63/h4-8,12-15,24,31-37,51,59H,9-11,16-23,25,47H2,1-3H3,(H,52,60)(H,53,64)(H,54,61)(H,55,66)(H,56,62)(H,57,63)(H,58,65)(H,67,68)(H4,48,49,50)/t31-,32-,33-,34+,35-,36-,37+/m0/s1. The van der Waals surface area contributed by atoms with Crippen LogP contribution in [-0.2, 0) is 51.2 Å². The molecule has 16 N–H and O–H groups in total. The number of nitrogens with zero attached hydrogens (tertiary/aromatic N) is 1. The van der Waals surface area contributed by atoms with E-state index in [1.165, 1.54) is 6.92 Å². The number of carboxylic acids is 1. The molecule has 7 atom stereocenters. The number of guanidine groups is 1. The molecule has 3 aromatic rings. The lowest BCUT2D eigenvalue weighted by molar-refractivity contribution is -0.143. The average Bonchev–Trinajstić information content (AvgIpc) is 3.72. The van der Waals surface area contributed by atoms with Crippen LogP contribution in [0.15, 0.2) is 65.8 Å². The van der Waals surface area contributed by atoms with Crippen LogP contribution in [0.4, 0.5) is 0 Å². The molecule has 0 spiro atoms. The van der Waals surface area contributed by atoms with Crippen molar-refractivity contribution in [3.8, 4) is 0 Å². The molecule has 0 saturated carbocycles. The molecule has 4 rings (SSSR count). The molecule has 22 nitrogen and oxygen atoms in total. The molecule has 0 unspecified atom stereocenters. The van der Waals surface area contributed by atoms with Gasteiger partial charge in [0.05, 0.1) is 11.4 Å². The van der Waals surface area contributed by atoms with Gasteiger partial charge in [0.25, 0.3) is 0 Å². The van der Waals surface area contributed by atoms with Crippen LogP contribution in [0.1, 0.15) is 70.4 Å². The topological polar surface area (TPSA) is 367 Å². The summed E-state index contributed by atoms with van der Waals surface area (Å²) in [6.45, 7) is 3.89. The number of aromatic amines is 1. The summed E-state index contributed by atoms with van der Waals surface area (Å²) in [5, 5.41) is 40.3. The highest BCUT2D eigenvalue weighted by Crippen LogP contribution is 2.39. The number of aliphatic carboxylic acids is 1. The number of nitrogens with two attached hydrogens (primary N) is 3. The molecule has 0 bridgehead atoms. The third-order valence-electron chi connectivity index (χ3n) is 11.3. The zero-order chi connectivity index (χ0) is 51.4. The zero-order valence-electron chi connectivity index (χ0n) is 39.5. The molecule has 1 aliphatic rings. The molecule has 70 heavy (non-hydrogen) atoms. The smallest absolute Gasteiger partial charge is 0.327 e. The van der Waals surface area contributed by atoms with Crippen molar-refractivity contribution < 1.29 is 48.6 Å². The lowest BCUT2D eigenvalue weighted by atomic mass is 10.00. The minimum Gasteiger partial charge on any atom is -0.480 e. The number of hydrogen-bond donors (Lipinski definition) is 13. The first kappa shape index (κ1) is 56.2. The van der Waals surface area contributed by atoms with Crippen LogP contribution >= 0.6 is 21.6 Å². The Hall–Kier alpha value is -6.37. The van der Waals surface area contributed by atoms with Crippen molar-refractivity contribution >= 4 is 85.8 Å². The van der Waals surface area contributed by atoms with E-state index in [0.29, 0.717) is 30.5 Å². The van der Waals surface area contributed by atoms with Gasteiger partial charge >= 0.3 is 5.97 Å². The molecule has 2 heterocycles. The van der Waals surface area contributed by atoms with Crippen molar-refractivity contribution in [2.24, 2.45) is 22.2 Å². The number of carbonyl (C=O) groups is 8. The molecule has 0 radical (unpaired) electrons. The van der Waals surface area contributed by atoms with Crippen molar-refractivity contribution in [1.82, 2.24) is 42.2 Å². The number of rotatable bonds is 17. The fourth-order valence-electron chi connectivity index (χ4n) is 7.58. The monoisotopic (exact) mass is 1010 g/mol. The lowest BCUT2D eigenvalue weighted by Gasteiger charge is -2.32. The van der Waals surface area contributed by atoms with Crippen molar-refractivity contribution in [3.63, 3.8) is 0 Å². The van der Waals surface area contributed by atoms with Gasteiger partial charge in [-0.1, -0.05) is 70.1 Å². The SMILES string of the molecule is CC(=O)N[C@@H](CCCCN)C(=O)N[C@H]1CCSSC(C)(C)[C@@H](C(=O)O)NC(=O)[C@H](Cc2c[nH]c3ccccc23)NC(=O)[C@H](CCCN=C(N)N)NC(=O)[C@@H](Cc2ccccc2)NC(=O)[C@H](CO)NC1=O. The minimum atomic E-state index is -1.65. The van der Waals surface area contributed by atoms with Crippen LogP contribution in [0.3, 0.4) is 0 Å². The number of carbonyl (C=O) groups excluding carboxylic acids is 7. The Labute approximate surface area is 413 Å². The molecule has 1 saturated heterocycles. The van der Waals surface area contributed by atoms with Gasteiger partial charge in [-0.25, -0.2) is 4.79 Å². The van der Waals surface area contributed by atoms with Gasteiger partial charge in [0.15, 0.2) is 5.96 Å². The van der Waals surface area contributed by atoms with Crippen LogP contribution in [0, 0.1) is 0 Å². The number of carboxylic acid groups (broad SMARTS) is 1. The van der Waals surface area contributed by atoms with E-state index in [4.69, 9.17) is 17.2 Å². The number of aliphatic imine (C=N–C) groups is 1. The van der Waals surface area contributed by atoms with E-state index in [2.05, 4.69) is 47.2 Å². The van der Waals surface area contributed by atoms with E-state index in [1.807, 2.05) is 18.2 Å². The third kappa shape index (κ3) is 17.5. The highest BCUT2D eigenvalue weighted by atomic mass is 33.1. The predicted molar refractivity (Wildman–Crippen MR) is 268 cm³/mol. The normalized spacial score (nSPS) is 22.4. The molecule has 24 heteroatoms. The van der Waals surface area contributed by atoms with Crippen molar-refractivity contribution in [3.05, 3.63) is 71.9 Å². The van der Waals surface area contributed by atoms with Gasteiger partial charge in [-0.05, 0) is 76.1 Å². The van der Waals surface area contributed by atoms with E-state index in [-0.39, 0.29) is 56.8 Å². The summed E-state index contributed by atoms with van der Waals surface area (Å²) in [7, 11) is 2.23. The fourth-order valence-corrected chi connectivity index (χ4v) is 10.3. The van der Waals surface area contributed by atoms with E-state index < -0.39 is 101 Å². The molecular formula is C46H66N12O10S2. The predicted octanol–water partition coefficient (Wildman–Crippen LogP) is -0.810. The fraction of sp³-hybridized carbons (Fsp3) is 0.500. The molecule has 7 amide bonds. The number of fused-ring (bicyclic) bond motifs is 1. The highest BCUT2D eigenvalue weighted by molar-refractivity contribution is 8.77. The molecule has 0 aliphatic carbocycles. The Morgan fingerprint density at radius 1 is 0.814 bits per heavy atom. The van der Waals surface area contributed by atoms with Crippen LogP contribution in [0.2, 0.25) is 0 Å². The van der Waals surface area contributed by atoms with Crippen molar-refractivity contribution in [2.45, 2.75) is 119 Å². The Kier molecular flexibility index (Phi) is 22.3. The minimum absolute atomic E-state index is 0.0536. The molecule has 1 fully saturated rings. The second kappa shape index (κ2) is 27.7. The van der Waals surface area contributed by atoms with Gasteiger partial charge in [-0.3, -0.25) is 38.6 Å². The summed E-state index contributed by atoms with van der Waals surface area (Å²) in [4.78, 5) is 117. The van der Waals surface area contributed by atoms with Crippen LogP contribution in [-0.4, -0.2) is 141 Å².